The molecule has 0 aliphatic rings. The van der Waals surface area contributed by atoms with E-state index in [1.807, 2.05) is 0 Å². The highest BCUT2D eigenvalue weighted by Crippen LogP contribution is 2.11. The minimum atomic E-state index is 0.697. The zero-order chi connectivity index (χ0) is 14.3. The van der Waals surface area contributed by atoms with Crippen molar-refractivity contribution in [1.29, 1.82) is 0 Å². The Bertz CT molecular complexity index is 369. The molecule has 0 aromatic heterocycles. The van der Waals surface area contributed by atoms with Crippen LogP contribution in [0.3, 0.4) is 0 Å². The fraction of sp³-hybridized carbons (Fsp3) is 0.562. The van der Waals surface area contributed by atoms with E-state index in [0.717, 1.165) is 25.2 Å². The molecule has 0 bridgehead atoms. The van der Waals surface area contributed by atoms with E-state index < -0.39 is 0 Å². The number of hydrogen-bond acceptors (Lipinski definition) is 3. The van der Waals surface area contributed by atoms with Crippen molar-refractivity contribution in [1.82, 2.24) is 4.90 Å². The summed E-state index contributed by atoms with van der Waals surface area (Å²) in [4.78, 5) is 2.53. The number of nitrogens with two attached hydrogens (primary N) is 1. The molecule has 0 unspecified atom stereocenters. The Labute approximate surface area is 117 Å². The molecule has 3 nitrogen and oxygen atoms in total. The van der Waals surface area contributed by atoms with Crippen LogP contribution in [0.2, 0.25) is 0 Å². The summed E-state index contributed by atoms with van der Waals surface area (Å²) in [6.07, 6.45) is 1.67. The number of benzene rings is 1. The zero-order valence-electron chi connectivity index (χ0n) is 12.6. The van der Waals surface area contributed by atoms with E-state index in [-0.39, 0.29) is 0 Å². The van der Waals surface area contributed by atoms with Crippen LogP contribution in [-0.4, -0.2) is 24.2 Å². The Morgan fingerprint density at radius 2 is 1.58 bits per heavy atom. The summed E-state index contributed by atoms with van der Waals surface area (Å²) < 4.78 is 0. The van der Waals surface area contributed by atoms with Crippen molar-refractivity contribution in [3.8, 4) is 0 Å². The monoisotopic (exact) mass is 261 g/mol. The molecule has 0 aliphatic heterocycles. The Hall–Kier alpha value is -1.35. The molecule has 0 heterocycles. The molecule has 0 saturated carbocycles. The summed E-state index contributed by atoms with van der Waals surface area (Å²) in [6.45, 7) is 12.4. The highest BCUT2D eigenvalue weighted by molar-refractivity contribution is 5.79. The van der Waals surface area contributed by atoms with E-state index in [2.05, 4.69) is 62.0 Å². The van der Waals surface area contributed by atoms with Crippen LogP contribution in [0, 0.1) is 11.8 Å². The molecule has 0 radical (unpaired) electrons. The normalized spacial score (nSPS) is 12.2. The summed E-state index contributed by atoms with van der Waals surface area (Å²) in [5.41, 5.74) is 2.39. The summed E-state index contributed by atoms with van der Waals surface area (Å²) in [5.74, 6) is 6.54. The maximum atomic E-state index is 5.15. The first-order chi connectivity index (χ1) is 9.01. The topological polar surface area (TPSA) is 41.6 Å². The van der Waals surface area contributed by atoms with Crippen molar-refractivity contribution in [2.24, 2.45) is 22.8 Å². The third kappa shape index (κ3) is 6.39. The molecule has 106 valence electrons. The number of nitrogens with zero attached hydrogens (tertiary/aromatic N) is 2. The van der Waals surface area contributed by atoms with Gasteiger partial charge < -0.3 is 5.84 Å². The minimum absolute atomic E-state index is 0.697. The van der Waals surface area contributed by atoms with Crippen LogP contribution in [0.5, 0.6) is 0 Å². The van der Waals surface area contributed by atoms with Gasteiger partial charge in [0.1, 0.15) is 0 Å². The van der Waals surface area contributed by atoms with Crippen LogP contribution in [0.1, 0.15) is 38.8 Å². The smallest absolute Gasteiger partial charge is 0.0538 e. The summed E-state index contributed by atoms with van der Waals surface area (Å²) in [7, 11) is 0. The first kappa shape index (κ1) is 15.7. The highest BCUT2D eigenvalue weighted by atomic mass is 15.1. The quantitative estimate of drug-likeness (QED) is 0.465. The molecule has 0 fully saturated rings. The third-order valence-electron chi connectivity index (χ3n) is 2.86. The maximum Gasteiger partial charge on any atom is 0.0538 e. The van der Waals surface area contributed by atoms with Gasteiger partial charge in [-0.3, -0.25) is 4.90 Å². The second kappa shape index (κ2) is 7.95. The standard InChI is InChI=1S/C16H27N3/c1-13(2)10-19(11-14(3)4)12-16-7-5-15(6-8-16)9-18-17/h5-9,13-14H,10-12,17H2,1-4H3. The predicted octanol–water partition coefficient (Wildman–Crippen LogP) is 3.09. The van der Waals surface area contributed by atoms with E-state index in [9.17, 15) is 0 Å². The van der Waals surface area contributed by atoms with Gasteiger partial charge >= 0.3 is 0 Å². The Balaban J connectivity index is 2.66. The predicted molar refractivity (Wildman–Crippen MR) is 83.2 cm³/mol. The average Bonchev–Trinajstić information content (AvgIpc) is 2.30. The van der Waals surface area contributed by atoms with Crippen molar-refractivity contribution >= 4 is 6.21 Å². The van der Waals surface area contributed by atoms with Crippen LogP contribution in [0.4, 0.5) is 0 Å². The molecule has 0 amide bonds. The zero-order valence-corrected chi connectivity index (χ0v) is 12.6. The molecule has 0 aliphatic carbocycles. The van der Waals surface area contributed by atoms with Gasteiger partial charge in [0.25, 0.3) is 0 Å². The molecular formula is C16H27N3. The van der Waals surface area contributed by atoms with Crippen LogP contribution in [0.25, 0.3) is 0 Å². The van der Waals surface area contributed by atoms with Crippen LogP contribution in [0.15, 0.2) is 29.4 Å². The fourth-order valence-corrected chi connectivity index (χ4v) is 2.29. The van der Waals surface area contributed by atoms with Gasteiger partial charge in [-0.1, -0.05) is 52.0 Å². The molecule has 19 heavy (non-hydrogen) atoms. The van der Waals surface area contributed by atoms with Crippen molar-refractivity contribution in [2.45, 2.75) is 34.2 Å². The van der Waals surface area contributed by atoms with Gasteiger partial charge in [-0.05, 0) is 23.0 Å². The van der Waals surface area contributed by atoms with Crippen LogP contribution >= 0.6 is 0 Å². The largest absolute Gasteiger partial charge is 0.323 e. The molecule has 1 aromatic carbocycles. The Kier molecular flexibility index (Phi) is 6.57. The van der Waals surface area contributed by atoms with Gasteiger partial charge in [0, 0.05) is 19.6 Å². The van der Waals surface area contributed by atoms with E-state index in [1.54, 1.807) is 6.21 Å². The lowest BCUT2D eigenvalue weighted by Crippen LogP contribution is -2.30. The molecule has 3 heteroatoms. The maximum absolute atomic E-state index is 5.15. The molecule has 1 aromatic rings. The van der Waals surface area contributed by atoms with Crippen molar-refractivity contribution in [2.75, 3.05) is 13.1 Å². The Morgan fingerprint density at radius 1 is 1.05 bits per heavy atom. The molecule has 0 saturated heterocycles. The molecule has 0 atom stereocenters. The third-order valence-corrected chi connectivity index (χ3v) is 2.86. The van der Waals surface area contributed by atoms with Gasteiger partial charge in [-0.2, -0.15) is 5.10 Å². The van der Waals surface area contributed by atoms with Crippen LogP contribution in [-0.2, 0) is 6.54 Å². The summed E-state index contributed by atoms with van der Waals surface area (Å²) >= 11 is 0. The molecular weight excluding hydrogens is 234 g/mol. The second-order valence-electron chi connectivity index (χ2n) is 6.00. The van der Waals surface area contributed by atoms with Crippen molar-refractivity contribution in [3.63, 3.8) is 0 Å². The lowest BCUT2D eigenvalue weighted by atomic mass is 10.1. The van der Waals surface area contributed by atoms with Gasteiger partial charge in [0.2, 0.25) is 0 Å². The lowest BCUT2D eigenvalue weighted by molar-refractivity contribution is 0.211. The second-order valence-corrected chi connectivity index (χ2v) is 6.00. The highest BCUT2D eigenvalue weighted by Gasteiger charge is 2.10. The van der Waals surface area contributed by atoms with E-state index in [1.165, 1.54) is 5.56 Å². The fourth-order valence-electron chi connectivity index (χ4n) is 2.29. The lowest BCUT2D eigenvalue weighted by Gasteiger charge is -2.26. The van der Waals surface area contributed by atoms with E-state index in [4.69, 9.17) is 5.84 Å². The summed E-state index contributed by atoms with van der Waals surface area (Å²) in [5, 5.41) is 3.54. The molecule has 1 rings (SSSR count). The van der Waals surface area contributed by atoms with Gasteiger partial charge in [0.15, 0.2) is 0 Å². The number of hydrogen-bond donors (Lipinski definition) is 1. The van der Waals surface area contributed by atoms with Gasteiger partial charge in [-0.15, -0.1) is 0 Å². The Morgan fingerprint density at radius 3 is 2.00 bits per heavy atom. The van der Waals surface area contributed by atoms with Crippen LogP contribution < -0.4 is 5.84 Å². The van der Waals surface area contributed by atoms with Crippen molar-refractivity contribution in [3.05, 3.63) is 35.4 Å². The first-order valence-electron chi connectivity index (χ1n) is 7.05. The number of rotatable bonds is 7. The summed E-state index contributed by atoms with van der Waals surface area (Å²) in [6, 6.07) is 8.44. The minimum Gasteiger partial charge on any atom is -0.323 e. The van der Waals surface area contributed by atoms with Crippen molar-refractivity contribution < 1.29 is 0 Å². The molecule has 2 N–H and O–H groups in total. The van der Waals surface area contributed by atoms with Gasteiger partial charge in [0.05, 0.1) is 6.21 Å². The first-order valence-corrected chi connectivity index (χ1v) is 7.05. The number of hydrazone groups is 1. The van der Waals surface area contributed by atoms with E-state index >= 15 is 0 Å². The average molecular weight is 261 g/mol. The van der Waals surface area contributed by atoms with Gasteiger partial charge in [-0.25, -0.2) is 0 Å². The molecule has 0 spiro atoms. The van der Waals surface area contributed by atoms with E-state index in [0.29, 0.717) is 11.8 Å². The SMILES string of the molecule is CC(C)CN(Cc1ccc(C=NN)cc1)CC(C)C.